The third-order valence-electron chi connectivity index (χ3n) is 2.34. The molecule has 0 unspecified atom stereocenters. The highest BCUT2D eigenvalue weighted by Gasteiger charge is 2.12. The number of rotatable bonds is 4. The molecule has 4 N–H and O–H groups in total. The van der Waals surface area contributed by atoms with Crippen molar-refractivity contribution in [2.24, 2.45) is 5.92 Å². The number of nitrogens with two attached hydrogens (primary N) is 1. The van der Waals surface area contributed by atoms with Crippen molar-refractivity contribution in [1.82, 2.24) is 0 Å². The molecule has 1 atom stereocenters. The summed E-state index contributed by atoms with van der Waals surface area (Å²) < 4.78 is 0.918. The summed E-state index contributed by atoms with van der Waals surface area (Å²) in [6, 6.07) is 5.65. The number of nitrogens with one attached hydrogen (secondary N) is 1. The smallest absolute Gasteiger partial charge is 0.0635 e. The van der Waals surface area contributed by atoms with E-state index in [1.807, 2.05) is 18.2 Å². The fourth-order valence-electron chi connectivity index (χ4n) is 1.27. The zero-order chi connectivity index (χ0) is 11.4. The molecular formula is C11H17BrN2O. The normalized spacial score (nSPS) is 12.9. The van der Waals surface area contributed by atoms with Crippen molar-refractivity contribution in [1.29, 1.82) is 0 Å². The second-order valence-corrected chi connectivity index (χ2v) is 4.77. The molecule has 0 aliphatic carbocycles. The van der Waals surface area contributed by atoms with Crippen LogP contribution in [0.4, 0.5) is 11.4 Å². The predicted molar refractivity (Wildman–Crippen MR) is 67.9 cm³/mol. The maximum absolute atomic E-state index is 9.20. The van der Waals surface area contributed by atoms with Crippen molar-refractivity contribution in [3.8, 4) is 0 Å². The molecule has 0 saturated carbocycles. The fourth-order valence-corrected chi connectivity index (χ4v) is 1.78. The van der Waals surface area contributed by atoms with Crippen LogP contribution in [-0.4, -0.2) is 17.8 Å². The van der Waals surface area contributed by atoms with Crippen molar-refractivity contribution in [3.63, 3.8) is 0 Å². The van der Waals surface area contributed by atoms with E-state index in [0.717, 1.165) is 15.8 Å². The number of hydrogen-bond donors (Lipinski definition) is 3. The minimum absolute atomic E-state index is 0.0601. The Labute approximate surface area is 98.8 Å². The van der Waals surface area contributed by atoms with E-state index in [0.29, 0.717) is 5.92 Å². The van der Waals surface area contributed by atoms with Gasteiger partial charge < -0.3 is 16.2 Å². The summed E-state index contributed by atoms with van der Waals surface area (Å²) in [5, 5.41) is 12.5. The lowest BCUT2D eigenvalue weighted by molar-refractivity contribution is 0.249. The number of halogens is 1. The van der Waals surface area contributed by atoms with Crippen LogP contribution in [0.5, 0.6) is 0 Å². The molecule has 1 aromatic rings. The number of anilines is 2. The molecule has 1 aromatic carbocycles. The van der Waals surface area contributed by atoms with Crippen LogP contribution in [0.2, 0.25) is 0 Å². The summed E-state index contributed by atoms with van der Waals surface area (Å²) in [5.74, 6) is 0.374. The van der Waals surface area contributed by atoms with Gasteiger partial charge in [-0.05, 0) is 40.0 Å². The first-order valence-corrected chi connectivity index (χ1v) is 5.76. The van der Waals surface area contributed by atoms with E-state index in [9.17, 15) is 5.11 Å². The van der Waals surface area contributed by atoms with Crippen molar-refractivity contribution in [2.75, 3.05) is 17.7 Å². The Hall–Kier alpha value is -0.740. The molecule has 0 bridgehead atoms. The van der Waals surface area contributed by atoms with Crippen LogP contribution in [0, 0.1) is 5.92 Å². The van der Waals surface area contributed by atoms with Crippen LogP contribution in [-0.2, 0) is 0 Å². The van der Waals surface area contributed by atoms with E-state index in [4.69, 9.17) is 5.73 Å². The van der Waals surface area contributed by atoms with Gasteiger partial charge in [0.15, 0.2) is 0 Å². The molecule has 0 heterocycles. The van der Waals surface area contributed by atoms with Crippen molar-refractivity contribution in [2.45, 2.75) is 19.9 Å². The molecule has 0 amide bonds. The van der Waals surface area contributed by atoms with Gasteiger partial charge in [0.25, 0.3) is 0 Å². The first kappa shape index (κ1) is 12.3. The zero-order valence-corrected chi connectivity index (χ0v) is 10.6. The average molecular weight is 273 g/mol. The van der Waals surface area contributed by atoms with Crippen molar-refractivity contribution in [3.05, 3.63) is 22.7 Å². The molecule has 0 aromatic heterocycles. The van der Waals surface area contributed by atoms with Gasteiger partial charge in [0.1, 0.15) is 0 Å². The standard InChI is InChI=1S/C11H17BrN2O/c1-7(2)11(6-15)14-10-4-3-8(13)5-9(10)12/h3-5,7,11,14-15H,6,13H2,1-2H3/t11-/m1/s1. The van der Waals surface area contributed by atoms with Crippen LogP contribution in [0.15, 0.2) is 22.7 Å². The van der Waals surface area contributed by atoms with E-state index in [-0.39, 0.29) is 12.6 Å². The second-order valence-electron chi connectivity index (χ2n) is 3.92. The lowest BCUT2D eigenvalue weighted by atomic mass is 10.1. The van der Waals surface area contributed by atoms with Crippen LogP contribution in [0.25, 0.3) is 0 Å². The Morgan fingerprint density at radius 1 is 1.47 bits per heavy atom. The van der Waals surface area contributed by atoms with Gasteiger partial charge in [0.05, 0.1) is 12.6 Å². The highest BCUT2D eigenvalue weighted by molar-refractivity contribution is 9.10. The first-order valence-electron chi connectivity index (χ1n) is 4.97. The van der Waals surface area contributed by atoms with Crippen molar-refractivity contribution >= 4 is 27.3 Å². The fraction of sp³-hybridized carbons (Fsp3) is 0.455. The van der Waals surface area contributed by atoms with E-state index < -0.39 is 0 Å². The first-order chi connectivity index (χ1) is 7.04. The number of aliphatic hydroxyl groups excluding tert-OH is 1. The Balaban J connectivity index is 2.79. The van der Waals surface area contributed by atoms with Gasteiger partial charge in [-0.2, -0.15) is 0 Å². The van der Waals surface area contributed by atoms with Gasteiger partial charge >= 0.3 is 0 Å². The second kappa shape index (κ2) is 5.37. The molecule has 0 aliphatic heterocycles. The third kappa shape index (κ3) is 3.39. The summed E-state index contributed by atoms with van der Waals surface area (Å²) in [6.45, 7) is 4.26. The SMILES string of the molecule is CC(C)[C@@H](CO)Nc1ccc(N)cc1Br. The van der Waals surface area contributed by atoms with Crippen LogP contribution < -0.4 is 11.1 Å². The maximum atomic E-state index is 9.20. The number of benzene rings is 1. The van der Waals surface area contributed by atoms with E-state index >= 15 is 0 Å². The largest absolute Gasteiger partial charge is 0.399 e. The molecule has 0 radical (unpaired) electrons. The molecule has 0 aliphatic rings. The van der Waals surface area contributed by atoms with Gasteiger partial charge in [-0.25, -0.2) is 0 Å². The van der Waals surface area contributed by atoms with Crippen molar-refractivity contribution < 1.29 is 5.11 Å². The molecule has 4 heteroatoms. The predicted octanol–water partition coefficient (Wildman–Crippen LogP) is 2.46. The van der Waals surface area contributed by atoms with Crippen LogP contribution >= 0.6 is 15.9 Å². The minimum Gasteiger partial charge on any atom is -0.399 e. The maximum Gasteiger partial charge on any atom is 0.0635 e. The lowest BCUT2D eigenvalue weighted by Gasteiger charge is -2.22. The number of aliphatic hydroxyl groups is 1. The number of hydrogen-bond acceptors (Lipinski definition) is 3. The Bertz CT molecular complexity index is 328. The number of nitrogen functional groups attached to an aromatic ring is 1. The Morgan fingerprint density at radius 3 is 2.60 bits per heavy atom. The average Bonchev–Trinajstić information content (AvgIpc) is 2.16. The summed E-state index contributed by atoms with van der Waals surface area (Å²) in [7, 11) is 0. The molecule has 3 nitrogen and oxygen atoms in total. The van der Waals surface area contributed by atoms with Crippen LogP contribution in [0.3, 0.4) is 0 Å². The van der Waals surface area contributed by atoms with E-state index in [2.05, 4.69) is 35.1 Å². The molecule has 0 fully saturated rings. The molecule has 0 saturated heterocycles. The Morgan fingerprint density at radius 2 is 2.13 bits per heavy atom. The Kier molecular flexibility index (Phi) is 4.42. The molecular weight excluding hydrogens is 256 g/mol. The molecule has 0 spiro atoms. The van der Waals surface area contributed by atoms with Gasteiger partial charge in [0.2, 0.25) is 0 Å². The summed E-state index contributed by atoms with van der Waals surface area (Å²) in [5.41, 5.74) is 7.32. The highest BCUT2D eigenvalue weighted by Crippen LogP contribution is 2.26. The quantitative estimate of drug-likeness (QED) is 0.738. The molecule has 84 valence electrons. The lowest BCUT2D eigenvalue weighted by Crippen LogP contribution is -2.29. The molecule has 1 rings (SSSR count). The highest BCUT2D eigenvalue weighted by atomic mass is 79.9. The summed E-state index contributed by atoms with van der Waals surface area (Å²) >= 11 is 3.43. The topological polar surface area (TPSA) is 58.3 Å². The van der Waals surface area contributed by atoms with E-state index in [1.165, 1.54) is 0 Å². The minimum atomic E-state index is 0.0601. The zero-order valence-electron chi connectivity index (χ0n) is 9.00. The van der Waals surface area contributed by atoms with Gasteiger partial charge in [-0.3, -0.25) is 0 Å². The monoisotopic (exact) mass is 272 g/mol. The van der Waals surface area contributed by atoms with E-state index in [1.54, 1.807) is 0 Å². The summed E-state index contributed by atoms with van der Waals surface area (Å²) in [4.78, 5) is 0. The van der Waals surface area contributed by atoms with Gasteiger partial charge in [0, 0.05) is 15.8 Å². The van der Waals surface area contributed by atoms with Crippen LogP contribution in [0.1, 0.15) is 13.8 Å². The third-order valence-corrected chi connectivity index (χ3v) is 2.99. The summed E-state index contributed by atoms with van der Waals surface area (Å²) in [6.07, 6.45) is 0. The van der Waals surface area contributed by atoms with Gasteiger partial charge in [-0.15, -0.1) is 0 Å². The molecule has 15 heavy (non-hydrogen) atoms. The van der Waals surface area contributed by atoms with Gasteiger partial charge in [-0.1, -0.05) is 13.8 Å².